The first-order valence-electron chi connectivity index (χ1n) is 21.1. The Bertz CT molecular complexity index is 3210. The van der Waals surface area contributed by atoms with Crippen molar-refractivity contribution in [3.8, 4) is 33.4 Å². The third kappa shape index (κ3) is 5.36. The van der Waals surface area contributed by atoms with Gasteiger partial charge in [0.1, 0.15) is 0 Å². The predicted octanol–water partition coefficient (Wildman–Crippen LogP) is 15.8. The van der Waals surface area contributed by atoms with Crippen LogP contribution in [0.4, 0.5) is 34.1 Å². The Labute approximate surface area is 356 Å². The van der Waals surface area contributed by atoms with Gasteiger partial charge in [-0.25, -0.2) is 0 Å². The number of benzene rings is 10. The van der Waals surface area contributed by atoms with Crippen molar-refractivity contribution < 1.29 is 0 Å². The van der Waals surface area contributed by atoms with E-state index in [-0.39, 0.29) is 0 Å². The molecule has 0 N–H and O–H groups in total. The van der Waals surface area contributed by atoms with Crippen LogP contribution in [0.2, 0.25) is 0 Å². The highest BCUT2D eigenvalue weighted by Crippen LogP contribution is 2.65. The van der Waals surface area contributed by atoms with Crippen LogP contribution in [0.3, 0.4) is 0 Å². The van der Waals surface area contributed by atoms with Crippen molar-refractivity contribution in [1.82, 2.24) is 0 Å². The summed E-state index contributed by atoms with van der Waals surface area (Å²) in [7, 11) is 0. The number of para-hydroxylation sites is 3. The number of rotatable bonds is 7. The fourth-order valence-electron chi connectivity index (χ4n) is 10.4. The van der Waals surface area contributed by atoms with Crippen LogP contribution >= 0.6 is 0 Å². The van der Waals surface area contributed by atoms with Crippen LogP contribution in [0, 0.1) is 0 Å². The van der Waals surface area contributed by atoms with Gasteiger partial charge in [-0.05, 0) is 128 Å². The molecule has 0 aromatic heterocycles. The number of fused-ring (bicyclic) bond motifs is 12. The summed E-state index contributed by atoms with van der Waals surface area (Å²) >= 11 is 0. The van der Waals surface area contributed by atoms with Crippen LogP contribution in [0.5, 0.6) is 0 Å². The summed E-state index contributed by atoms with van der Waals surface area (Å²) in [4.78, 5) is 4.84. The lowest BCUT2D eigenvalue weighted by molar-refractivity contribution is 0.801. The summed E-state index contributed by atoms with van der Waals surface area (Å²) in [5.41, 5.74) is 19.0. The minimum Gasteiger partial charge on any atom is -0.310 e. The van der Waals surface area contributed by atoms with Gasteiger partial charge in [0.25, 0.3) is 0 Å². The third-order valence-corrected chi connectivity index (χ3v) is 12.8. The molecule has 12 rings (SSSR count). The molecule has 10 aromatic rings. The lowest BCUT2D eigenvalue weighted by Crippen LogP contribution is -2.26. The molecule has 1 spiro atoms. The molecule has 1 atom stereocenters. The molecule has 0 radical (unpaired) electrons. The van der Waals surface area contributed by atoms with E-state index in [1.54, 1.807) is 0 Å². The predicted molar refractivity (Wildman–Crippen MR) is 255 cm³/mol. The molecule has 2 aliphatic carbocycles. The quantitative estimate of drug-likeness (QED) is 0.159. The summed E-state index contributed by atoms with van der Waals surface area (Å²) in [6.07, 6.45) is 0. The summed E-state index contributed by atoms with van der Waals surface area (Å²) in [5, 5.41) is 2.46. The van der Waals surface area contributed by atoms with Crippen molar-refractivity contribution in [3.05, 3.63) is 265 Å². The molecule has 0 heterocycles. The van der Waals surface area contributed by atoms with Crippen LogP contribution in [-0.4, -0.2) is 0 Å². The van der Waals surface area contributed by atoms with Gasteiger partial charge < -0.3 is 9.80 Å². The van der Waals surface area contributed by atoms with Gasteiger partial charge >= 0.3 is 0 Å². The van der Waals surface area contributed by atoms with E-state index in [4.69, 9.17) is 0 Å². The molecule has 0 saturated heterocycles. The smallest absolute Gasteiger partial charge is 0.0732 e. The average Bonchev–Trinajstić information content (AvgIpc) is 3.80. The van der Waals surface area contributed by atoms with Crippen LogP contribution < -0.4 is 9.80 Å². The van der Waals surface area contributed by atoms with E-state index in [9.17, 15) is 0 Å². The molecule has 0 fully saturated rings. The molecule has 2 heteroatoms. The topological polar surface area (TPSA) is 6.48 Å². The first-order valence-corrected chi connectivity index (χ1v) is 21.1. The minimum absolute atomic E-state index is 0.560. The molecule has 0 saturated carbocycles. The molecular formula is C59H40N2. The zero-order valence-electron chi connectivity index (χ0n) is 33.5. The second-order valence-corrected chi connectivity index (χ2v) is 16.0. The maximum absolute atomic E-state index is 2.48. The van der Waals surface area contributed by atoms with Gasteiger partial charge in [-0.1, -0.05) is 176 Å². The van der Waals surface area contributed by atoms with E-state index < -0.39 is 5.41 Å². The van der Waals surface area contributed by atoms with Crippen LogP contribution in [0.15, 0.2) is 243 Å². The Hall–Kier alpha value is -7.94. The average molecular weight is 777 g/mol. The van der Waals surface area contributed by atoms with Gasteiger partial charge in [0.05, 0.1) is 11.1 Å². The van der Waals surface area contributed by atoms with Crippen molar-refractivity contribution in [2.75, 3.05) is 9.80 Å². The Morgan fingerprint density at radius 3 is 1.36 bits per heavy atom. The highest BCUT2D eigenvalue weighted by atomic mass is 15.1. The Kier molecular flexibility index (Phi) is 8.11. The SMILES string of the molecule is c1ccc(-c2cccc(N(c3ccccc3)c3cc4c(c5ccccc35)C3(c5ccccc5-c5ccc(N(c6ccccc6)c6ccccc6)cc53)c3ccccc3-4)c2)cc1. The first-order chi connectivity index (χ1) is 30.3. The maximum atomic E-state index is 2.48. The fraction of sp³-hybridized carbons (Fsp3) is 0.0169. The molecule has 0 bridgehead atoms. The van der Waals surface area contributed by atoms with Crippen LogP contribution in [0.1, 0.15) is 22.3 Å². The molecule has 2 nitrogen and oxygen atoms in total. The van der Waals surface area contributed by atoms with E-state index in [1.165, 1.54) is 66.4 Å². The molecule has 2 aliphatic rings. The molecule has 1 unspecified atom stereocenters. The van der Waals surface area contributed by atoms with Crippen molar-refractivity contribution in [2.45, 2.75) is 5.41 Å². The lowest BCUT2D eigenvalue weighted by Gasteiger charge is -2.34. The van der Waals surface area contributed by atoms with Crippen LogP contribution in [-0.2, 0) is 5.41 Å². The number of anilines is 6. The van der Waals surface area contributed by atoms with E-state index in [1.807, 2.05) is 0 Å². The molecule has 0 aliphatic heterocycles. The second-order valence-electron chi connectivity index (χ2n) is 16.0. The van der Waals surface area contributed by atoms with Gasteiger partial charge in [0.2, 0.25) is 0 Å². The van der Waals surface area contributed by atoms with Crippen LogP contribution in [0.25, 0.3) is 44.2 Å². The van der Waals surface area contributed by atoms with Gasteiger partial charge in [-0.3, -0.25) is 0 Å². The third-order valence-electron chi connectivity index (χ3n) is 12.8. The molecular weight excluding hydrogens is 737 g/mol. The molecule has 286 valence electrons. The first kappa shape index (κ1) is 35.0. The maximum Gasteiger partial charge on any atom is 0.0732 e. The van der Waals surface area contributed by atoms with Gasteiger partial charge in [-0.15, -0.1) is 0 Å². The molecule has 61 heavy (non-hydrogen) atoms. The second kappa shape index (κ2) is 14.1. The minimum atomic E-state index is -0.560. The highest BCUT2D eigenvalue weighted by molar-refractivity contribution is 6.10. The van der Waals surface area contributed by atoms with E-state index in [0.29, 0.717) is 0 Å². The monoisotopic (exact) mass is 776 g/mol. The zero-order chi connectivity index (χ0) is 40.3. The summed E-state index contributed by atoms with van der Waals surface area (Å²) in [6.45, 7) is 0. The number of nitrogens with zero attached hydrogens (tertiary/aromatic N) is 2. The van der Waals surface area contributed by atoms with E-state index in [0.717, 1.165) is 34.1 Å². The summed E-state index contributed by atoms with van der Waals surface area (Å²) < 4.78 is 0. The number of hydrogen-bond acceptors (Lipinski definition) is 2. The van der Waals surface area contributed by atoms with Crippen molar-refractivity contribution in [1.29, 1.82) is 0 Å². The van der Waals surface area contributed by atoms with Gasteiger partial charge in [-0.2, -0.15) is 0 Å². The van der Waals surface area contributed by atoms with Gasteiger partial charge in [0, 0.05) is 33.8 Å². The normalized spacial score (nSPS) is 14.3. The summed E-state index contributed by atoms with van der Waals surface area (Å²) in [6, 6.07) is 89.0. The number of hydrogen-bond donors (Lipinski definition) is 0. The van der Waals surface area contributed by atoms with Crippen molar-refractivity contribution in [3.63, 3.8) is 0 Å². The van der Waals surface area contributed by atoms with Crippen molar-refractivity contribution >= 4 is 44.9 Å². The van der Waals surface area contributed by atoms with E-state index in [2.05, 4.69) is 252 Å². The zero-order valence-corrected chi connectivity index (χ0v) is 33.5. The standard InChI is InChI=1S/C59H40N2/c1-5-20-41(21-6-1)42-22-19-29-46(38-42)61(45-27-11-4-12-28-45)57-40-53-49-31-16-18-35-55(49)59(58(53)52-33-14-13-32-51(52)57)54-34-17-15-30-48(54)50-37-36-47(39-56(50)59)60(43-23-7-2-8-24-43)44-25-9-3-10-26-44/h1-40H. The largest absolute Gasteiger partial charge is 0.310 e. The fourth-order valence-corrected chi connectivity index (χ4v) is 10.4. The highest BCUT2D eigenvalue weighted by Gasteiger charge is 2.53. The molecule has 10 aromatic carbocycles. The Morgan fingerprint density at radius 1 is 0.262 bits per heavy atom. The Balaban J connectivity index is 1.15. The van der Waals surface area contributed by atoms with E-state index >= 15 is 0 Å². The lowest BCUT2D eigenvalue weighted by atomic mass is 9.69. The summed E-state index contributed by atoms with van der Waals surface area (Å²) in [5.74, 6) is 0. The Morgan fingerprint density at radius 2 is 0.721 bits per heavy atom. The van der Waals surface area contributed by atoms with Gasteiger partial charge in [0.15, 0.2) is 0 Å². The van der Waals surface area contributed by atoms with Crippen molar-refractivity contribution in [2.24, 2.45) is 0 Å². The molecule has 0 amide bonds.